The van der Waals surface area contributed by atoms with E-state index in [0.717, 1.165) is 32.3 Å². The molecule has 0 aromatic heterocycles. The first-order valence-electron chi connectivity index (χ1n) is 7.98. The van der Waals surface area contributed by atoms with Crippen molar-refractivity contribution in [2.75, 3.05) is 6.61 Å². The fraction of sp³-hybridized carbons (Fsp3) is 0.667. The Balaban J connectivity index is 2.48. The summed E-state index contributed by atoms with van der Waals surface area (Å²) in [5.74, 6) is 0. The molecule has 1 aromatic carbocycles. The van der Waals surface area contributed by atoms with E-state index < -0.39 is 0 Å². The zero-order valence-corrected chi connectivity index (χ0v) is 14.8. The van der Waals surface area contributed by atoms with Gasteiger partial charge in [0.2, 0.25) is 0 Å². The molecule has 0 saturated carbocycles. The second kappa shape index (κ2) is 6.62. The summed E-state index contributed by atoms with van der Waals surface area (Å²) in [6.07, 6.45) is 5.61. The summed E-state index contributed by atoms with van der Waals surface area (Å²) < 4.78 is 6.07. The quantitative estimate of drug-likeness (QED) is 0.655. The highest BCUT2D eigenvalue weighted by atomic mass is 79.9. The van der Waals surface area contributed by atoms with Gasteiger partial charge >= 0.3 is 0 Å². The highest BCUT2D eigenvalue weighted by molar-refractivity contribution is 9.09. The third-order valence-electron chi connectivity index (χ3n) is 4.62. The van der Waals surface area contributed by atoms with Crippen LogP contribution in [0.25, 0.3) is 0 Å². The first kappa shape index (κ1) is 16.0. The molecule has 0 spiro atoms. The van der Waals surface area contributed by atoms with Crippen LogP contribution in [0.1, 0.15) is 67.6 Å². The zero-order chi connectivity index (χ0) is 14.8. The molecule has 1 aliphatic rings. The van der Waals surface area contributed by atoms with Gasteiger partial charge in [0, 0.05) is 6.61 Å². The molecular formula is C18H27BrO. The van der Waals surface area contributed by atoms with Gasteiger partial charge in [-0.3, -0.25) is 0 Å². The molecule has 0 aliphatic carbocycles. The highest BCUT2D eigenvalue weighted by Crippen LogP contribution is 2.45. The molecule has 1 nitrogen and oxygen atoms in total. The Labute approximate surface area is 132 Å². The van der Waals surface area contributed by atoms with Crippen LogP contribution < -0.4 is 0 Å². The van der Waals surface area contributed by atoms with Crippen LogP contribution in [-0.2, 0) is 24.0 Å². The van der Waals surface area contributed by atoms with E-state index >= 15 is 0 Å². The smallest absolute Gasteiger partial charge is 0.0820 e. The molecule has 1 aliphatic heterocycles. The molecular weight excluding hydrogens is 312 g/mol. The molecule has 20 heavy (non-hydrogen) atoms. The van der Waals surface area contributed by atoms with Crippen molar-refractivity contribution in [3.8, 4) is 0 Å². The van der Waals surface area contributed by atoms with Crippen molar-refractivity contribution >= 4 is 15.9 Å². The third kappa shape index (κ3) is 2.96. The van der Waals surface area contributed by atoms with Gasteiger partial charge in [0.15, 0.2) is 0 Å². The van der Waals surface area contributed by atoms with Crippen molar-refractivity contribution in [1.29, 1.82) is 0 Å². The van der Waals surface area contributed by atoms with Crippen LogP contribution in [0.3, 0.4) is 0 Å². The van der Waals surface area contributed by atoms with E-state index in [1.54, 1.807) is 0 Å². The molecule has 112 valence electrons. The van der Waals surface area contributed by atoms with Crippen LogP contribution in [0, 0.1) is 0 Å². The van der Waals surface area contributed by atoms with E-state index in [1.807, 2.05) is 0 Å². The highest BCUT2D eigenvalue weighted by Gasteiger charge is 2.39. The van der Waals surface area contributed by atoms with Crippen LogP contribution in [0.15, 0.2) is 12.1 Å². The van der Waals surface area contributed by atoms with E-state index in [0.29, 0.717) is 4.83 Å². The second-order valence-corrected chi connectivity index (χ2v) is 6.93. The lowest BCUT2D eigenvalue weighted by Crippen LogP contribution is -2.30. The minimum Gasteiger partial charge on any atom is -0.374 e. The van der Waals surface area contributed by atoms with Gasteiger partial charge < -0.3 is 4.74 Å². The summed E-state index contributed by atoms with van der Waals surface area (Å²) in [7, 11) is 0. The number of alkyl halides is 1. The molecule has 1 fully saturated rings. The minimum atomic E-state index is -0.0540. The van der Waals surface area contributed by atoms with Crippen LogP contribution in [-0.4, -0.2) is 12.2 Å². The van der Waals surface area contributed by atoms with Crippen LogP contribution in [0.5, 0.6) is 0 Å². The Bertz CT molecular complexity index is 435. The van der Waals surface area contributed by atoms with Gasteiger partial charge in [0.25, 0.3) is 0 Å². The Hall–Kier alpha value is -0.340. The Morgan fingerprint density at radius 1 is 1.15 bits per heavy atom. The SMILES string of the molecule is CCc1cc(CC)c(C(Br)C2(C)CCCO2)c(CC)c1. The van der Waals surface area contributed by atoms with Crippen molar-refractivity contribution in [2.45, 2.75) is 70.2 Å². The van der Waals surface area contributed by atoms with Gasteiger partial charge in [0.05, 0.1) is 10.4 Å². The summed E-state index contributed by atoms with van der Waals surface area (Å²) in [6, 6.07) is 4.78. The van der Waals surface area contributed by atoms with Crippen LogP contribution in [0.2, 0.25) is 0 Å². The Morgan fingerprint density at radius 2 is 1.75 bits per heavy atom. The van der Waals surface area contributed by atoms with Crippen molar-refractivity contribution in [1.82, 2.24) is 0 Å². The predicted octanol–water partition coefficient (Wildman–Crippen LogP) is 5.38. The van der Waals surface area contributed by atoms with Gasteiger partial charge in [-0.25, -0.2) is 0 Å². The first-order chi connectivity index (χ1) is 9.55. The van der Waals surface area contributed by atoms with Gasteiger partial charge in [-0.05, 0) is 61.3 Å². The molecule has 0 amide bonds. The molecule has 1 aromatic rings. The van der Waals surface area contributed by atoms with E-state index in [4.69, 9.17) is 4.74 Å². The minimum absolute atomic E-state index is 0.0540. The van der Waals surface area contributed by atoms with Crippen molar-refractivity contribution in [3.05, 3.63) is 34.4 Å². The van der Waals surface area contributed by atoms with E-state index in [9.17, 15) is 0 Å². The summed E-state index contributed by atoms with van der Waals surface area (Å²) in [5.41, 5.74) is 5.86. The number of hydrogen-bond donors (Lipinski definition) is 0. The van der Waals surface area contributed by atoms with Gasteiger partial charge in [-0.1, -0.05) is 48.8 Å². The van der Waals surface area contributed by atoms with Crippen molar-refractivity contribution < 1.29 is 4.74 Å². The maximum atomic E-state index is 6.07. The van der Waals surface area contributed by atoms with Crippen molar-refractivity contribution in [3.63, 3.8) is 0 Å². The lowest BCUT2D eigenvalue weighted by Gasteiger charge is -2.32. The third-order valence-corrected chi connectivity index (χ3v) is 6.05. The number of halogens is 1. The average Bonchev–Trinajstić information content (AvgIpc) is 2.92. The molecule has 2 unspecified atom stereocenters. The standard InChI is InChI=1S/C18H27BrO/c1-5-13-11-14(6-2)16(15(7-3)12-13)17(19)18(4)9-8-10-20-18/h11-12,17H,5-10H2,1-4H3. The van der Waals surface area contributed by atoms with Crippen LogP contribution >= 0.6 is 15.9 Å². The zero-order valence-electron chi connectivity index (χ0n) is 13.3. The molecule has 0 radical (unpaired) electrons. The normalized spacial score (nSPS) is 24.1. The summed E-state index contributed by atoms with van der Waals surface area (Å²) >= 11 is 3.97. The summed E-state index contributed by atoms with van der Waals surface area (Å²) in [5, 5.41) is 0. The lowest BCUT2D eigenvalue weighted by molar-refractivity contribution is 0.0194. The van der Waals surface area contributed by atoms with E-state index in [1.165, 1.54) is 28.7 Å². The molecule has 2 heteroatoms. The van der Waals surface area contributed by atoms with Gasteiger partial charge in [-0.2, -0.15) is 0 Å². The predicted molar refractivity (Wildman–Crippen MR) is 89.8 cm³/mol. The maximum Gasteiger partial charge on any atom is 0.0820 e. The average molecular weight is 339 g/mol. The largest absolute Gasteiger partial charge is 0.374 e. The monoisotopic (exact) mass is 338 g/mol. The fourth-order valence-corrected chi connectivity index (χ4v) is 4.22. The molecule has 0 N–H and O–H groups in total. The maximum absolute atomic E-state index is 6.07. The number of aryl methyl sites for hydroxylation is 3. The van der Waals surface area contributed by atoms with E-state index in [2.05, 4.69) is 55.8 Å². The second-order valence-electron chi connectivity index (χ2n) is 6.02. The molecule has 2 rings (SSSR count). The summed E-state index contributed by atoms with van der Waals surface area (Å²) in [4.78, 5) is 0.299. The summed E-state index contributed by atoms with van der Waals surface area (Å²) in [6.45, 7) is 9.91. The van der Waals surface area contributed by atoms with Gasteiger partial charge in [-0.15, -0.1) is 0 Å². The van der Waals surface area contributed by atoms with Crippen molar-refractivity contribution in [2.24, 2.45) is 0 Å². The topological polar surface area (TPSA) is 9.23 Å². The fourth-order valence-electron chi connectivity index (χ4n) is 3.27. The number of ether oxygens (including phenoxy) is 1. The number of benzene rings is 1. The molecule has 1 heterocycles. The molecule has 0 bridgehead atoms. The molecule has 2 atom stereocenters. The van der Waals surface area contributed by atoms with Crippen LogP contribution in [0.4, 0.5) is 0 Å². The Kier molecular flexibility index (Phi) is 5.30. The lowest BCUT2D eigenvalue weighted by atomic mass is 9.85. The number of rotatable bonds is 5. The number of hydrogen-bond acceptors (Lipinski definition) is 1. The van der Waals surface area contributed by atoms with Gasteiger partial charge in [0.1, 0.15) is 0 Å². The Morgan fingerprint density at radius 3 is 2.15 bits per heavy atom. The first-order valence-corrected chi connectivity index (χ1v) is 8.89. The van der Waals surface area contributed by atoms with E-state index in [-0.39, 0.29) is 5.60 Å². The molecule has 1 saturated heterocycles.